The third-order valence-electron chi connectivity index (χ3n) is 4.45. The summed E-state index contributed by atoms with van der Waals surface area (Å²) >= 11 is 0. The van der Waals surface area contributed by atoms with Crippen molar-refractivity contribution in [1.82, 2.24) is 14.9 Å². The minimum Gasteiger partial charge on any atom is -0.391 e. The predicted molar refractivity (Wildman–Crippen MR) is 86.9 cm³/mol. The molecule has 122 valence electrons. The van der Waals surface area contributed by atoms with Gasteiger partial charge in [0.05, 0.1) is 29.6 Å². The Bertz CT molecular complexity index is 908. The minimum atomic E-state index is -0.624. The Morgan fingerprint density at radius 3 is 2.96 bits per heavy atom. The Morgan fingerprint density at radius 1 is 1.29 bits per heavy atom. The summed E-state index contributed by atoms with van der Waals surface area (Å²) in [6.45, 7) is 0.223. The van der Waals surface area contributed by atoms with Crippen LogP contribution in [0.5, 0.6) is 0 Å². The molecule has 4 rings (SSSR count). The second kappa shape index (κ2) is 5.72. The third-order valence-corrected chi connectivity index (χ3v) is 4.45. The molecule has 2 N–H and O–H groups in total. The smallest absolute Gasteiger partial charge is 0.256 e. The molecule has 0 bridgehead atoms. The minimum absolute atomic E-state index is 0.210. The summed E-state index contributed by atoms with van der Waals surface area (Å²) in [5, 5.41) is 10.1. The van der Waals surface area contributed by atoms with E-state index < -0.39 is 6.10 Å². The lowest BCUT2D eigenvalue weighted by molar-refractivity contribution is 0.0717. The van der Waals surface area contributed by atoms with E-state index in [0.29, 0.717) is 23.1 Å². The summed E-state index contributed by atoms with van der Waals surface area (Å²) in [4.78, 5) is 21.8. The predicted octanol–water partition coefficient (Wildman–Crippen LogP) is 2.65. The Balaban J connectivity index is 1.73. The number of aliphatic hydroxyl groups excluding tert-OH is 1. The van der Waals surface area contributed by atoms with Gasteiger partial charge < -0.3 is 15.0 Å². The Kier molecular flexibility index (Phi) is 3.54. The molecule has 0 unspecified atom stereocenters. The summed E-state index contributed by atoms with van der Waals surface area (Å²) in [5.41, 5.74) is 2.54. The van der Waals surface area contributed by atoms with Crippen LogP contribution in [0.2, 0.25) is 0 Å². The maximum atomic E-state index is 13.6. The van der Waals surface area contributed by atoms with Gasteiger partial charge in [-0.05, 0) is 36.2 Å². The van der Waals surface area contributed by atoms with Gasteiger partial charge in [0.2, 0.25) is 0 Å². The first-order chi connectivity index (χ1) is 11.6. The molecule has 0 saturated carbocycles. The molecule has 24 heavy (non-hydrogen) atoms. The van der Waals surface area contributed by atoms with Crippen LogP contribution in [0.4, 0.5) is 4.39 Å². The van der Waals surface area contributed by atoms with Gasteiger partial charge in [-0.25, -0.2) is 9.37 Å². The molecular formula is C18H16FN3O2. The number of para-hydroxylation sites is 1. The third kappa shape index (κ3) is 2.45. The molecule has 1 aliphatic rings. The van der Waals surface area contributed by atoms with Crippen molar-refractivity contribution in [3.8, 4) is 0 Å². The lowest BCUT2D eigenvalue weighted by Crippen LogP contribution is -2.32. The van der Waals surface area contributed by atoms with Crippen LogP contribution in [0.25, 0.3) is 11.0 Å². The molecule has 1 fully saturated rings. The van der Waals surface area contributed by atoms with Gasteiger partial charge in [0, 0.05) is 6.54 Å². The summed E-state index contributed by atoms with van der Waals surface area (Å²) in [5.74, 6) is -0.561. The van der Waals surface area contributed by atoms with Gasteiger partial charge in [0.15, 0.2) is 0 Å². The van der Waals surface area contributed by atoms with Crippen molar-refractivity contribution < 1.29 is 14.3 Å². The normalized spacial score (nSPS) is 20.7. The molecule has 1 aliphatic heterocycles. The topological polar surface area (TPSA) is 69.2 Å². The quantitative estimate of drug-likeness (QED) is 0.761. The van der Waals surface area contributed by atoms with E-state index in [0.717, 1.165) is 5.52 Å². The molecular weight excluding hydrogens is 309 g/mol. The van der Waals surface area contributed by atoms with Crippen LogP contribution in [0.3, 0.4) is 0 Å². The number of hydrogen-bond donors (Lipinski definition) is 2. The van der Waals surface area contributed by atoms with E-state index in [2.05, 4.69) is 9.97 Å². The van der Waals surface area contributed by atoms with Gasteiger partial charge in [0.1, 0.15) is 11.3 Å². The molecule has 0 spiro atoms. The molecule has 0 aliphatic carbocycles. The number of halogens is 1. The average Bonchev–Trinajstić information content (AvgIpc) is 3.20. The lowest BCUT2D eigenvalue weighted by atomic mass is 10.0. The Morgan fingerprint density at radius 2 is 2.12 bits per heavy atom. The van der Waals surface area contributed by atoms with Crippen LogP contribution in [0, 0.1) is 5.82 Å². The first-order valence-corrected chi connectivity index (χ1v) is 7.80. The van der Waals surface area contributed by atoms with Crippen LogP contribution in [0.1, 0.15) is 28.4 Å². The molecule has 1 amide bonds. The number of β-amino-alcohol motifs (C(OH)–C–C–N with tert-alkyl or cyclic N) is 1. The van der Waals surface area contributed by atoms with Crippen LogP contribution < -0.4 is 0 Å². The molecule has 1 saturated heterocycles. The summed E-state index contributed by atoms with van der Waals surface area (Å²) < 4.78 is 13.6. The van der Waals surface area contributed by atoms with Gasteiger partial charge in [-0.1, -0.05) is 18.2 Å². The first-order valence-electron chi connectivity index (χ1n) is 7.80. The van der Waals surface area contributed by atoms with Gasteiger partial charge in [-0.3, -0.25) is 4.79 Å². The number of fused-ring (bicyclic) bond motifs is 1. The number of H-pyrrole nitrogens is 1. The number of nitrogens with one attached hydrogen (secondary N) is 1. The van der Waals surface area contributed by atoms with E-state index in [1.54, 1.807) is 35.5 Å². The molecule has 2 heterocycles. The number of aliphatic hydroxyl groups is 1. The number of likely N-dealkylation sites (tertiary alicyclic amines) is 1. The maximum Gasteiger partial charge on any atom is 0.256 e. The average molecular weight is 325 g/mol. The maximum absolute atomic E-state index is 13.6. The second-order valence-corrected chi connectivity index (χ2v) is 6.02. The van der Waals surface area contributed by atoms with Gasteiger partial charge in [-0.15, -0.1) is 0 Å². The molecule has 2 aromatic carbocycles. The van der Waals surface area contributed by atoms with Crippen molar-refractivity contribution in [3.05, 3.63) is 65.7 Å². The molecule has 2 atom stereocenters. The van der Waals surface area contributed by atoms with Crippen LogP contribution >= 0.6 is 0 Å². The van der Waals surface area contributed by atoms with Crippen molar-refractivity contribution in [1.29, 1.82) is 0 Å². The van der Waals surface area contributed by atoms with Gasteiger partial charge >= 0.3 is 0 Å². The highest BCUT2D eigenvalue weighted by Gasteiger charge is 2.36. The number of imidazole rings is 1. The Labute approximate surface area is 137 Å². The SMILES string of the molecule is O=C(c1cccc2[nH]cnc12)N1C[C@@H](O)C[C@H]1c1cccc(F)c1. The van der Waals surface area contributed by atoms with Crippen LogP contribution in [-0.4, -0.2) is 38.5 Å². The van der Waals surface area contributed by atoms with Gasteiger partial charge in [0.25, 0.3) is 5.91 Å². The number of aromatic nitrogens is 2. The Hall–Kier alpha value is -2.73. The standard InChI is InChI=1S/C18H16FN3O2/c19-12-4-1-3-11(7-12)16-8-13(23)9-22(16)18(24)14-5-2-6-15-17(14)21-10-20-15/h1-7,10,13,16,23H,8-9H2,(H,20,21)/t13-,16-/m0/s1. The van der Waals surface area contributed by atoms with Crippen LogP contribution in [0.15, 0.2) is 48.8 Å². The molecule has 1 aromatic heterocycles. The fraction of sp³-hybridized carbons (Fsp3) is 0.222. The van der Waals surface area contributed by atoms with Crippen molar-refractivity contribution in [2.75, 3.05) is 6.54 Å². The summed E-state index contributed by atoms with van der Waals surface area (Å²) in [7, 11) is 0. The van der Waals surface area contributed by atoms with Crippen molar-refractivity contribution in [3.63, 3.8) is 0 Å². The van der Waals surface area contributed by atoms with Crippen LogP contribution in [-0.2, 0) is 0 Å². The first kappa shape index (κ1) is 14.8. The number of amides is 1. The number of benzene rings is 2. The second-order valence-electron chi connectivity index (χ2n) is 6.02. The number of hydrogen-bond acceptors (Lipinski definition) is 3. The van der Waals surface area contributed by atoms with E-state index in [1.165, 1.54) is 12.1 Å². The van der Waals surface area contributed by atoms with Crippen molar-refractivity contribution in [2.24, 2.45) is 0 Å². The zero-order valence-electron chi connectivity index (χ0n) is 12.8. The molecule has 6 heteroatoms. The zero-order valence-corrected chi connectivity index (χ0v) is 12.8. The fourth-order valence-corrected chi connectivity index (χ4v) is 3.36. The molecule has 0 radical (unpaired) electrons. The number of aromatic amines is 1. The monoisotopic (exact) mass is 325 g/mol. The van der Waals surface area contributed by atoms with E-state index >= 15 is 0 Å². The van der Waals surface area contributed by atoms with Gasteiger partial charge in [-0.2, -0.15) is 0 Å². The molecule has 3 aromatic rings. The molecule has 5 nitrogen and oxygen atoms in total. The van der Waals surface area contributed by atoms with E-state index in [4.69, 9.17) is 0 Å². The summed E-state index contributed by atoms with van der Waals surface area (Å²) in [6.07, 6.45) is 1.32. The fourth-order valence-electron chi connectivity index (χ4n) is 3.36. The number of carbonyl (C=O) groups is 1. The van der Waals surface area contributed by atoms with E-state index in [9.17, 15) is 14.3 Å². The van der Waals surface area contributed by atoms with Crippen molar-refractivity contribution >= 4 is 16.9 Å². The number of carbonyl (C=O) groups excluding carboxylic acids is 1. The largest absolute Gasteiger partial charge is 0.391 e. The zero-order chi connectivity index (χ0) is 16.7. The summed E-state index contributed by atoms with van der Waals surface area (Å²) in [6, 6.07) is 11.2. The highest BCUT2D eigenvalue weighted by atomic mass is 19.1. The van der Waals surface area contributed by atoms with E-state index in [1.807, 2.05) is 6.07 Å². The lowest BCUT2D eigenvalue weighted by Gasteiger charge is -2.25. The highest BCUT2D eigenvalue weighted by Crippen LogP contribution is 2.34. The van der Waals surface area contributed by atoms with E-state index in [-0.39, 0.29) is 24.3 Å². The number of rotatable bonds is 2. The van der Waals surface area contributed by atoms with Crippen molar-refractivity contribution in [2.45, 2.75) is 18.6 Å². The highest BCUT2D eigenvalue weighted by molar-refractivity contribution is 6.05. The number of nitrogens with zero attached hydrogens (tertiary/aromatic N) is 2.